The van der Waals surface area contributed by atoms with Gasteiger partial charge in [0.05, 0.1) is 0 Å². The predicted octanol–water partition coefficient (Wildman–Crippen LogP) is 1.97. The zero-order chi connectivity index (χ0) is 15.9. The number of urea groups is 1. The first-order valence-corrected chi connectivity index (χ1v) is 8.35. The topological polar surface area (TPSA) is 73.5 Å². The maximum atomic E-state index is 12.5. The SMILES string of the molecule is Cl.O=C(Nc1cccc(N2CCNC2=O)c1)C1CC12CCNCC2. The fourth-order valence-corrected chi connectivity index (χ4v) is 3.89. The average Bonchev–Trinajstić information content (AvgIpc) is 3.07. The van der Waals surface area contributed by atoms with E-state index >= 15 is 0 Å². The molecule has 1 atom stereocenters. The zero-order valence-electron chi connectivity index (χ0n) is 13.5. The molecule has 1 aromatic carbocycles. The van der Waals surface area contributed by atoms with Gasteiger partial charge in [0.15, 0.2) is 0 Å². The van der Waals surface area contributed by atoms with Crippen molar-refractivity contribution < 1.29 is 9.59 Å². The largest absolute Gasteiger partial charge is 0.336 e. The van der Waals surface area contributed by atoms with Crippen LogP contribution in [0.15, 0.2) is 24.3 Å². The van der Waals surface area contributed by atoms with Crippen LogP contribution in [0, 0.1) is 11.3 Å². The van der Waals surface area contributed by atoms with E-state index in [1.54, 1.807) is 4.90 Å². The Kier molecular flexibility index (Phi) is 4.69. The number of anilines is 2. The van der Waals surface area contributed by atoms with Crippen molar-refractivity contribution in [1.29, 1.82) is 0 Å². The number of halogens is 1. The van der Waals surface area contributed by atoms with Gasteiger partial charge in [0.25, 0.3) is 0 Å². The van der Waals surface area contributed by atoms with Crippen LogP contribution < -0.4 is 20.9 Å². The van der Waals surface area contributed by atoms with E-state index in [-0.39, 0.29) is 35.7 Å². The van der Waals surface area contributed by atoms with E-state index in [9.17, 15) is 9.59 Å². The summed E-state index contributed by atoms with van der Waals surface area (Å²) in [4.78, 5) is 26.0. The third-order valence-corrected chi connectivity index (χ3v) is 5.39. The van der Waals surface area contributed by atoms with Gasteiger partial charge in [0, 0.05) is 30.4 Å². The lowest BCUT2D eigenvalue weighted by Gasteiger charge is -2.23. The molecule has 1 aliphatic carbocycles. The normalized spacial score (nSPS) is 24.2. The number of hydrogen-bond acceptors (Lipinski definition) is 3. The number of amides is 3. The van der Waals surface area contributed by atoms with Crippen LogP contribution in [-0.2, 0) is 4.79 Å². The van der Waals surface area contributed by atoms with E-state index in [0.29, 0.717) is 13.1 Å². The standard InChI is InChI=1S/C17H22N4O2.ClH/c22-15(14-11-17(14)4-6-18-7-5-17)20-12-2-1-3-13(10-12)21-9-8-19-16(21)23;/h1-3,10,14,18H,4-9,11H2,(H,19,23)(H,20,22);1H. The molecule has 4 rings (SSSR count). The Hall–Kier alpha value is -1.79. The summed E-state index contributed by atoms with van der Waals surface area (Å²) >= 11 is 0. The van der Waals surface area contributed by atoms with Crippen molar-refractivity contribution >= 4 is 35.7 Å². The molecule has 3 N–H and O–H groups in total. The van der Waals surface area contributed by atoms with Gasteiger partial charge in [-0.15, -0.1) is 12.4 Å². The highest BCUT2D eigenvalue weighted by Crippen LogP contribution is 2.58. The maximum Gasteiger partial charge on any atom is 0.321 e. The van der Waals surface area contributed by atoms with Crippen LogP contribution in [0.3, 0.4) is 0 Å². The molecule has 2 heterocycles. The molecule has 2 aliphatic heterocycles. The molecule has 3 amide bonds. The van der Waals surface area contributed by atoms with Gasteiger partial charge in [-0.3, -0.25) is 9.69 Å². The number of nitrogens with zero attached hydrogens (tertiary/aromatic N) is 1. The summed E-state index contributed by atoms with van der Waals surface area (Å²) in [5.74, 6) is 0.262. The second-order valence-electron chi connectivity index (χ2n) is 6.79. The van der Waals surface area contributed by atoms with E-state index in [1.165, 1.54) is 0 Å². The van der Waals surface area contributed by atoms with Crippen LogP contribution in [-0.4, -0.2) is 38.1 Å². The third-order valence-electron chi connectivity index (χ3n) is 5.39. The third kappa shape index (κ3) is 3.08. The summed E-state index contributed by atoms with van der Waals surface area (Å²) in [5.41, 5.74) is 1.83. The molecule has 3 aliphatic rings. The first kappa shape index (κ1) is 17.0. The van der Waals surface area contributed by atoms with E-state index < -0.39 is 0 Å². The smallest absolute Gasteiger partial charge is 0.321 e. The van der Waals surface area contributed by atoms with Crippen LogP contribution in [0.4, 0.5) is 16.2 Å². The Morgan fingerprint density at radius 1 is 1.25 bits per heavy atom. The van der Waals surface area contributed by atoms with Crippen molar-refractivity contribution in [2.45, 2.75) is 19.3 Å². The fourth-order valence-electron chi connectivity index (χ4n) is 3.89. The van der Waals surface area contributed by atoms with Crippen molar-refractivity contribution in [1.82, 2.24) is 10.6 Å². The number of hydrogen-bond donors (Lipinski definition) is 3. The summed E-state index contributed by atoms with van der Waals surface area (Å²) in [7, 11) is 0. The molecule has 3 fully saturated rings. The highest BCUT2D eigenvalue weighted by molar-refractivity contribution is 5.97. The molecule has 0 radical (unpaired) electrons. The predicted molar refractivity (Wildman–Crippen MR) is 95.7 cm³/mol. The van der Waals surface area contributed by atoms with Crippen molar-refractivity contribution in [2.75, 3.05) is 36.4 Å². The van der Waals surface area contributed by atoms with Crippen LogP contribution >= 0.6 is 12.4 Å². The molecule has 0 aromatic heterocycles. The monoisotopic (exact) mass is 350 g/mol. The summed E-state index contributed by atoms with van der Waals surface area (Å²) in [6.07, 6.45) is 3.20. The molecule has 7 heteroatoms. The van der Waals surface area contributed by atoms with Crippen LogP contribution in [0.5, 0.6) is 0 Å². The van der Waals surface area contributed by atoms with Gasteiger partial charge in [-0.2, -0.15) is 0 Å². The Bertz CT molecular complexity index is 645. The van der Waals surface area contributed by atoms with Crippen molar-refractivity contribution in [3.8, 4) is 0 Å². The Morgan fingerprint density at radius 2 is 2.04 bits per heavy atom. The zero-order valence-corrected chi connectivity index (χ0v) is 14.3. The lowest BCUT2D eigenvalue weighted by molar-refractivity contribution is -0.118. The number of carbonyl (C=O) groups is 2. The minimum atomic E-state index is -0.0793. The molecule has 2 saturated heterocycles. The lowest BCUT2D eigenvalue weighted by atomic mass is 9.92. The summed E-state index contributed by atoms with van der Waals surface area (Å²) in [5, 5.41) is 9.18. The van der Waals surface area contributed by atoms with Gasteiger partial charge in [-0.1, -0.05) is 6.07 Å². The van der Waals surface area contributed by atoms with Crippen LogP contribution in [0.1, 0.15) is 19.3 Å². The van der Waals surface area contributed by atoms with Gasteiger partial charge in [-0.25, -0.2) is 4.79 Å². The van der Waals surface area contributed by atoms with Crippen LogP contribution in [0.25, 0.3) is 0 Å². The number of rotatable bonds is 3. The average molecular weight is 351 g/mol. The maximum absolute atomic E-state index is 12.5. The molecule has 1 unspecified atom stereocenters. The second kappa shape index (κ2) is 6.61. The highest BCUT2D eigenvalue weighted by Gasteiger charge is 2.57. The van der Waals surface area contributed by atoms with Crippen molar-refractivity contribution in [3.63, 3.8) is 0 Å². The van der Waals surface area contributed by atoms with E-state index in [0.717, 1.165) is 43.7 Å². The first-order valence-electron chi connectivity index (χ1n) is 8.35. The van der Waals surface area contributed by atoms with Gasteiger partial charge < -0.3 is 16.0 Å². The van der Waals surface area contributed by atoms with Crippen LogP contribution in [0.2, 0.25) is 0 Å². The van der Waals surface area contributed by atoms with Gasteiger partial charge >= 0.3 is 6.03 Å². The molecule has 6 nitrogen and oxygen atoms in total. The number of benzene rings is 1. The number of carbonyl (C=O) groups excluding carboxylic acids is 2. The van der Waals surface area contributed by atoms with Gasteiger partial charge in [0.1, 0.15) is 0 Å². The number of nitrogens with one attached hydrogen (secondary N) is 3. The lowest BCUT2D eigenvalue weighted by Crippen LogP contribution is -2.31. The first-order chi connectivity index (χ1) is 11.2. The van der Waals surface area contributed by atoms with E-state index in [2.05, 4.69) is 16.0 Å². The summed E-state index contributed by atoms with van der Waals surface area (Å²) < 4.78 is 0. The summed E-state index contributed by atoms with van der Waals surface area (Å²) in [6, 6.07) is 7.45. The molecular formula is C17H23ClN4O2. The number of piperidine rings is 1. The Labute approximate surface area is 147 Å². The minimum Gasteiger partial charge on any atom is -0.336 e. The molecule has 1 aromatic rings. The highest BCUT2D eigenvalue weighted by atomic mass is 35.5. The van der Waals surface area contributed by atoms with Gasteiger partial charge in [0.2, 0.25) is 5.91 Å². The van der Waals surface area contributed by atoms with Crippen molar-refractivity contribution in [2.24, 2.45) is 11.3 Å². The molecule has 1 saturated carbocycles. The Morgan fingerprint density at radius 3 is 2.75 bits per heavy atom. The molecule has 24 heavy (non-hydrogen) atoms. The molecule has 130 valence electrons. The molecule has 1 spiro atoms. The summed E-state index contributed by atoms with van der Waals surface area (Å²) in [6.45, 7) is 3.36. The molecular weight excluding hydrogens is 328 g/mol. The van der Waals surface area contributed by atoms with E-state index in [1.807, 2.05) is 24.3 Å². The van der Waals surface area contributed by atoms with Crippen molar-refractivity contribution in [3.05, 3.63) is 24.3 Å². The van der Waals surface area contributed by atoms with Gasteiger partial charge in [-0.05, 0) is 56.0 Å². The quantitative estimate of drug-likeness (QED) is 0.780. The second-order valence-corrected chi connectivity index (χ2v) is 6.79. The van der Waals surface area contributed by atoms with E-state index in [4.69, 9.17) is 0 Å². The Balaban J connectivity index is 0.00000169. The fraction of sp³-hybridized carbons (Fsp3) is 0.529. The minimum absolute atomic E-state index is 0. The molecule has 0 bridgehead atoms.